The summed E-state index contributed by atoms with van der Waals surface area (Å²) in [6.45, 7) is 3.27. The molecular formula is C17H22N4O5S. The molecule has 0 aliphatic heterocycles. The van der Waals surface area contributed by atoms with Crippen LogP contribution in [0.15, 0.2) is 29.2 Å². The van der Waals surface area contributed by atoms with Crippen molar-refractivity contribution in [3.63, 3.8) is 0 Å². The number of carbonyl (C=O) groups excluding carboxylic acids is 1. The molecule has 146 valence electrons. The summed E-state index contributed by atoms with van der Waals surface area (Å²) in [5, 5.41) is 13.8. The Morgan fingerprint density at radius 3 is 2.41 bits per heavy atom. The fourth-order valence-corrected chi connectivity index (χ4v) is 3.87. The van der Waals surface area contributed by atoms with Crippen LogP contribution in [0, 0.1) is 24.0 Å². The van der Waals surface area contributed by atoms with E-state index >= 15 is 0 Å². The Labute approximate surface area is 157 Å². The lowest BCUT2D eigenvalue weighted by molar-refractivity contribution is -0.384. The summed E-state index contributed by atoms with van der Waals surface area (Å²) in [5.74, 6) is -0.344. The average molecular weight is 394 g/mol. The molecule has 0 saturated heterocycles. The van der Waals surface area contributed by atoms with Crippen molar-refractivity contribution in [2.45, 2.75) is 18.7 Å². The number of rotatable bonds is 7. The second kappa shape index (κ2) is 7.49. The van der Waals surface area contributed by atoms with E-state index in [1.165, 1.54) is 26.2 Å². The molecule has 1 aromatic carbocycles. The van der Waals surface area contributed by atoms with Gasteiger partial charge in [0.15, 0.2) is 5.78 Å². The number of nitro groups is 1. The van der Waals surface area contributed by atoms with E-state index in [2.05, 4.69) is 5.32 Å². The number of aryl methyl sites for hydroxylation is 1. The van der Waals surface area contributed by atoms with E-state index in [9.17, 15) is 23.3 Å². The van der Waals surface area contributed by atoms with E-state index in [1.807, 2.05) is 18.5 Å². The number of benzene rings is 1. The molecule has 0 saturated carbocycles. The van der Waals surface area contributed by atoms with Crippen LogP contribution in [0.5, 0.6) is 0 Å². The minimum absolute atomic E-state index is 0.202. The number of carbonyl (C=O) groups is 1. The Kier molecular flexibility index (Phi) is 5.71. The van der Waals surface area contributed by atoms with E-state index in [-0.39, 0.29) is 28.6 Å². The first kappa shape index (κ1) is 20.6. The van der Waals surface area contributed by atoms with Crippen LogP contribution in [0.25, 0.3) is 0 Å². The Balaban J connectivity index is 2.33. The van der Waals surface area contributed by atoms with Gasteiger partial charge in [0.2, 0.25) is 10.0 Å². The molecule has 9 nitrogen and oxygen atoms in total. The molecule has 0 aliphatic rings. The Morgan fingerprint density at radius 2 is 1.93 bits per heavy atom. The van der Waals surface area contributed by atoms with Gasteiger partial charge in [-0.2, -0.15) is 4.31 Å². The van der Waals surface area contributed by atoms with Gasteiger partial charge in [-0.05, 0) is 32.0 Å². The number of nitro benzene ring substituents is 1. The monoisotopic (exact) mass is 394 g/mol. The van der Waals surface area contributed by atoms with E-state index in [4.69, 9.17) is 0 Å². The first-order valence-corrected chi connectivity index (χ1v) is 9.53. The number of hydrogen-bond acceptors (Lipinski definition) is 6. The summed E-state index contributed by atoms with van der Waals surface area (Å²) in [6.07, 6.45) is 0. The SMILES string of the molecule is CNc1ccc(S(=O)(=O)N(C)CC(=O)c2cc(C)n(C)c2C)cc1[N+](=O)[O-]. The van der Waals surface area contributed by atoms with Gasteiger partial charge in [0.1, 0.15) is 5.69 Å². The van der Waals surface area contributed by atoms with Crippen LogP contribution in [-0.4, -0.2) is 48.6 Å². The molecule has 1 N–H and O–H groups in total. The highest BCUT2D eigenvalue weighted by Gasteiger charge is 2.27. The topological polar surface area (TPSA) is 115 Å². The molecule has 0 fully saturated rings. The Morgan fingerprint density at radius 1 is 1.30 bits per heavy atom. The number of ketones is 1. The summed E-state index contributed by atoms with van der Waals surface area (Å²) < 4.78 is 28.3. The molecule has 2 rings (SSSR count). The predicted octanol–water partition coefficient (Wildman–Crippen LogP) is 2.10. The molecule has 0 aliphatic carbocycles. The summed E-state index contributed by atoms with van der Waals surface area (Å²) in [5.41, 5.74) is 1.94. The maximum absolute atomic E-state index is 12.8. The van der Waals surface area contributed by atoms with Crippen molar-refractivity contribution in [1.82, 2.24) is 8.87 Å². The normalized spacial score (nSPS) is 11.6. The molecule has 1 aromatic heterocycles. The van der Waals surface area contributed by atoms with Crippen LogP contribution in [0.2, 0.25) is 0 Å². The largest absolute Gasteiger partial charge is 0.383 e. The summed E-state index contributed by atoms with van der Waals surface area (Å²) in [6, 6.07) is 5.29. The van der Waals surface area contributed by atoms with E-state index in [1.54, 1.807) is 13.0 Å². The number of likely N-dealkylation sites (N-methyl/N-ethyl adjacent to an activating group) is 1. The van der Waals surface area contributed by atoms with Crippen LogP contribution in [0.4, 0.5) is 11.4 Å². The predicted molar refractivity (Wildman–Crippen MR) is 102 cm³/mol. The maximum Gasteiger partial charge on any atom is 0.293 e. The molecule has 0 radical (unpaired) electrons. The number of sulfonamides is 1. The lowest BCUT2D eigenvalue weighted by atomic mass is 10.1. The number of hydrogen-bond donors (Lipinski definition) is 1. The Bertz CT molecular complexity index is 1010. The van der Waals surface area contributed by atoms with E-state index < -0.39 is 14.9 Å². The van der Waals surface area contributed by atoms with Gasteiger partial charge in [-0.3, -0.25) is 14.9 Å². The average Bonchev–Trinajstić information content (AvgIpc) is 2.88. The fraction of sp³-hybridized carbons (Fsp3) is 0.353. The summed E-state index contributed by atoms with van der Waals surface area (Å²) in [4.78, 5) is 22.8. The van der Waals surface area contributed by atoms with Crippen LogP contribution < -0.4 is 5.32 Å². The zero-order chi connectivity index (χ0) is 20.5. The molecule has 1 heterocycles. The van der Waals surface area contributed by atoms with Crippen molar-refractivity contribution in [3.8, 4) is 0 Å². The Hall–Kier alpha value is -2.72. The third-order valence-corrected chi connectivity index (χ3v) is 6.38. The number of Topliss-reactive ketones (excluding diaryl/α,β-unsaturated/α-hetero) is 1. The van der Waals surface area contributed by atoms with Crippen molar-refractivity contribution in [2.24, 2.45) is 7.05 Å². The molecule has 2 aromatic rings. The van der Waals surface area contributed by atoms with Crippen LogP contribution in [-0.2, 0) is 17.1 Å². The van der Waals surface area contributed by atoms with Crippen LogP contribution in [0.3, 0.4) is 0 Å². The van der Waals surface area contributed by atoms with Gasteiger partial charge in [0, 0.05) is 44.2 Å². The lowest BCUT2D eigenvalue weighted by Crippen LogP contribution is -2.32. The zero-order valence-electron chi connectivity index (χ0n) is 15.8. The van der Waals surface area contributed by atoms with Crippen molar-refractivity contribution in [2.75, 3.05) is 26.0 Å². The fourth-order valence-electron chi connectivity index (χ4n) is 2.72. The van der Waals surface area contributed by atoms with Gasteiger partial charge in [-0.25, -0.2) is 8.42 Å². The molecule has 0 atom stereocenters. The van der Waals surface area contributed by atoms with Crippen molar-refractivity contribution in [1.29, 1.82) is 0 Å². The van der Waals surface area contributed by atoms with Crippen LogP contribution in [0.1, 0.15) is 21.7 Å². The summed E-state index contributed by atoms with van der Waals surface area (Å²) >= 11 is 0. The lowest BCUT2D eigenvalue weighted by Gasteiger charge is -2.17. The van der Waals surface area contributed by atoms with Gasteiger partial charge in [0.05, 0.1) is 16.4 Å². The minimum atomic E-state index is -4.07. The summed E-state index contributed by atoms with van der Waals surface area (Å²) in [7, 11) is 0.537. The van der Waals surface area contributed by atoms with Crippen molar-refractivity contribution < 1.29 is 18.1 Å². The second-order valence-corrected chi connectivity index (χ2v) is 8.26. The van der Waals surface area contributed by atoms with E-state index in [0.717, 1.165) is 21.8 Å². The highest BCUT2D eigenvalue weighted by molar-refractivity contribution is 7.89. The molecule has 10 heteroatoms. The van der Waals surface area contributed by atoms with Gasteiger partial charge in [-0.15, -0.1) is 0 Å². The molecule has 0 bridgehead atoms. The first-order valence-electron chi connectivity index (χ1n) is 8.09. The maximum atomic E-state index is 12.8. The zero-order valence-corrected chi connectivity index (χ0v) is 16.6. The highest BCUT2D eigenvalue weighted by Crippen LogP contribution is 2.28. The number of aromatic nitrogens is 1. The second-order valence-electron chi connectivity index (χ2n) is 6.21. The molecule has 0 spiro atoms. The van der Waals surface area contributed by atoms with Crippen molar-refractivity contribution >= 4 is 27.2 Å². The van der Waals surface area contributed by atoms with Gasteiger partial charge < -0.3 is 9.88 Å². The standard InChI is InChI=1S/C17H22N4O5S/c1-11-8-14(12(2)20(11)5)17(22)10-19(4)27(25,26)13-6-7-15(18-3)16(9-13)21(23)24/h6-9,18H,10H2,1-5H3. The van der Waals surface area contributed by atoms with Gasteiger partial charge >= 0.3 is 0 Å². The smallest absolute Gasteiger partial charge is 0.293 e. The third kappa shape index (κ3) is 3.86. The highest BCUT2D eigenvalue weighted by atomic mass is 32.2. The van der Waals surface area contributed by atoms with Crippen molar-refractivity contribution in [3.05, 3.63) is 51.3 Å². The van der Waals surface area contributed by atoms with E-state index in [0.29, 0.717) is 5.56 Å². The van der Waals surface area contributed by atoms with Crippen LogP contribution >= 0.6 is 0 Å². The minimum Gasteiger partial charge on any atom is -0.383 e. The molecule has 27 heavy (non-hydrogen) atoms. The number of nitrogens with zero attached hydrogens (tertiary/aromatic N) is 3. The number of nitrogens with one attached hydrogen (secondary N) is 1. The number of anilines is 1. The third-order valence-electron chi connectivity index (χ3n) is 4.59. The first-order chi connectivity index (χ1) is 12.5. The molecule has 0 unspecified atom stereocenters. The van der Waals surface area contributed by atoms with Gasteiger partial charge in [-0.1, -0.05) is 0 Å². The quantitative estimate of drug-likeness (QED) is 0.437. The molecular weight excluding hydrogens is 372 g/mol. The van der Waals surface area contributed by atoms with Gasteiger partial charge in [0.25, 0.3) is 5.69 Å². The molecule has 0 amide bonds.